The van der Waals surface area contributed by atoms with Crippen LogP contribution in [-0.2, 0) is 23.5 Å². The Morgan fingerprint density at radius 2 is 1.06 bits per heavy atom. The quantitative estimate of drug-likeness (QED) is 0.0840. The summed E-state index contributed by atoms with van der Waals surface area (Å²) in [4.78, 5) is 15.1. The van der Waals surface area contributed by atoms with Crippen LogP contribution in [0.25, 0.3) is 50.4 Å². The maximum atomic E-state index is 10.0. The number of imidazole rings is 1. The van der Waals surface area contributed by atoms with Gasteiger partial charge in [0.15, 0.2) is 0 Å². The molecule has 3 N–H and O–H groups in total. The van der Waals surface area contributed by atoms with E-state index in [2.05, 4.69) is 151 Å². The second kappa shape index (κ2) is 27.4. The largest absolute Gasteiger partial charge is 1.00 e. The van der Waals surface area contributed by atoms with Crippen LogP contribution in [0.5, 0.6) is 0 Å². The molecule has 8 aromatic carbocycles. The first-order valence-corrected chi connectivity index (χ1v) is 21.8. The number of rotatable bonds is 9. The summed E-state index contributed by atoms with van der Waals surface area (Å²) in [6, 6.07) is 70.0. The number of halogens is 1. The van der Waals surface area contributed by atoms with E-state index in [0.29, 0.717) is 0 Å². The Morgan fingerprint density at radius 3 is 1.58 bits per heavy atom. The third kappa shape index (κ3) is 14.5. The molecule has 330 valence electrons. The molecule has 0 saturated heterocycles. The van der Waals surface area contributed by atoms with E-state index in [1.165, 1.54) is 33.5 Å². The molecule has 0 saturated carbocycles. The standard InChI is InChI=1S/C27H22N2.C20H20N2.C7H6O.CH3F.Na.O3S.H/c1-2-20-11-9-10-16-25(20)29-26-18-17-23(21-12-5-3-6-13-21)19-24(26)28-27(29)22-14-7-4-8-15-22;1-2-15-8-6-7-11-19(15)22-20-13-12-17(14-18(20)21)16-9-4-3-5-10-16;8-6-7-4-2-1-3-5-7;1-2;;1-4(2)3;/h3-19H,2H2,1H3;3-14,22H,2,21H2,1H3;1-6H;1H3;;;/q;;;;+1;;-1/i;;;1D;;;. The van der Waals surface area contributed by atoms with Gasteiger partial charge in [-0.2, -0.15) is 0 Å². The minimum atomic E-state index is -3.11. The molecule has 0 aliphatic carbocycles. The van der Waals surface area contributed by atoms with Gasteiger partial charge < -0.3 is 12.5 Å². The monoisotopic (exact) mass is 907 g/mol. The van der Waals surface area contributed by atoms with Gasteiger partial charge in [0.25, 0.3) is 0 Å². The maximum absolute atomic E-state index is 10.0. The van der Waals surface area contributed by atoms with Crippen LogP contribution < -0.4 is 40.6 Å². The van der Waals surface area contributed by atoms with Gasteiger partial charge in [-0.05, 0) is 82.6 Å². The van der Waals surface area contributed by atoms with E-state index in [9.17, 15) is 9.18 Å². The summed E-state index contributed by atoms with van der Waals surface area (Å²) in [7, 11) is -4.11. The second-order valence-electron chi connectivity index (χ2n) is 14.2. The van der Waals surface area contributed by atoms with Gasteiger partial charge in [-0.1, -0.05) is 184 Å². The number of aromatic nitrogens is 2. The molecule has 0 aliphatic heterocycles. The Balaban J connectivity index is 0.000000276. The van der Waals surface area contributed by atoms with Crippen molar-refractivity contribution < 1.29 is 54.2 Å². The fourth-order valence-electron chi connectivity index (χ4n) is 7.06. The summed E-state index contributed by atoms with van der Waals surface area (Å²) in [6.45, 7) is 4.36. The fraction of sp³-hybridized carbons (Fsp3) is 0.0909. The van der Waals surface area contributed by atoms with E-state index in [0.717, 1.165) is 69.7 Å². The Bertz CT molecular complexity index is 3020. The molecule has 0 fully saturated rings. The number of benzene rings is 8. The van der Waals surface area contributed by atoms with Crippen LogP contribution in [0.2, 0.25) is 0 Å². The minimum absolute atomic E-state index is 0. The van der Waals surface area contributed by atoms with E-state index in [-0.39, 0.29) is 31.0 Å². The number of fused-ring (bicyclic) bond motifs is 1. The Hall–Kier alpha value is -6.95. The molecule has 0 amide bonds. The number of aldehydes is 1. The number of hydrogen-bond donors (Lipinski definition) is 2. The van der Waals surface area contributed by atoms with Crippen molar-refractivity contribution in [1.82, 2.24) is 9.55 Å². The zero-order valence-electron chi connectivity index (χ0n) is 39.2. The molecule has 9 aromatic rings. The number of nitrogens with zero attached hydrogens (tertiary/aromatic N) is 2. The summed E-state index contributed by atoms with van der Waals surface area (Å²) in [5.74, 6) is 0.978. The van der Waals surface area contributed by atoms with Crippen molar-refractivity contribution in [3.05, 3.63) is 223 Å². The van der Waals surface area contributed by atoms with Crippen molar-refractivity contribution in [2.24, 2.45) is 0 Å². The van der Waals surface area contributed by atoms with Crippen molar-refractivity contribution in [3.8, 4) is 39.3 Å². The van der Waals surface area contributed by atoms with Crippen LogP contribution >= 0.6 is 0 Å². The van der Waals surface area contributed by atoms with Crippen molar-refractivity contribution in [1.29, 1.82) is 0 Å². The first-order chi connectivity index (χ1) is 32.2. The molecule has 1 aromatic heterocycles. The third-order valence-corrected chi connectivity index (χ3v) is 10.2. The molecule has 0 radical (unpaired) electrons. The van der Waals surface area contributed by atoms with Gasteiger partial charge in [0.2, 0.25) is 0 Å². The number of alkyl halides is 1. The number of carbonyl (C=O) groups excluding carboxylic acids is 1. The molecular weight excluding hydrogens is 855 g/mol. The molecule has 1 heterocycles. The van der Waals surface area contributed by atoms with Gasteiger partial charge in [0.05, 0.1) is 36.6 Å². The van der Waals surface area contributed by atoms with Crippen LogP contribution in [-0.4, -0.2) is 35.6 Å². The smallest absolute Gasteiger partial charge is 1.00 e. The van der Waals surface area contributed by atoms with E-state index in [1.54, 1.807) is 12.1 Å². The summed E-state index contributed by atoms with van der Waals surface area (Å²) in [5.41, 5.74) is 21.5. The van der Waals surface area contributed by atoms with Gasteiger partial charge in [0, 0.05) is 16.8 Å². The van der Waals surface area contributed by atoms with Crippen molar-refractivity contribution in [2.75, 3.05) is 18.2 Å². The summed E-state index contributed by atoms with van der Waals surface area (Å²) < 4.78 is 43.1. The molecule has 0 unspecified atom stereocenters. The molecule has 0 spiro atoms. The molecular formula is C55H52FN4NaO4S. The van der Waals surface area contributed by atoms with E-state index in [4.69, 9.17) is 24.7 Å². The van der Waals surface area contributed by atoms with Crippen molar-refractivity contribution in [2.45, 2.75) is 26.7 Å². The number of aryl methyl sites for hydroxylation is 2. The van der Waals surface area contributed by atoms with Crippen molar-refractivity contribution >= 4 is 45.0 Å². The topological polar surface area (TPSA) is 124 Å². The van der Waals surface area contributed by atoms with Gasteiger partial charge in [-0.3, -0.25) is 13.8 Å². The molecule has 0 aliphatic rings. The van der Waals surface area contributed by atoms with Gasteiger partial charge in [-0.15, -0.1) is 12.6 Å². The molecule has 0 bridgehead atoms. The zero-order valence-corrected chi connectivity index (χ0v) is 40.0. The molecule has 11 heteroatoms. The van der Waals surface area contributed by atoms with Crippen LogP contribution in [0.1, 0.15) is 38.1 Å². The van der Waals surface area contributed by atoms with Crippen LogP contribution in [0, 0.1) is 0 Å². The first-order valence-electron chi connectivity index (χ1n) is 21.6. The maximum Gasteiger partial charge on any atom is 1.00 e. The third-order valence-electron chi connectivity index (χ3n) is 10.2. The predicted octanol–water partition coefficient (Wildman–Crippen LogP) is 10.4. The van der Waals surface area contributed by atoms with E-state index < -0.39 is 17.8 Å². The van der Waals surface area contributed by atoms with Crippen LogP contribution in [0.3, 0.4) is 0 Å². The molecule has 0 atom stereocenters. The van der Waals surface area contributed by atoms with Crippen molar-refractivity contribution in [3.63, 3.8) is 0 Å². The number of para-hydroxylation sites is 2. The number of anilines is 3. The number of nitrogens with two attached hydrogens (primary N) is 1. The minimum Gasteiger partial charge on any atom is -1.00 e. The second-order valence-corrected chi connectivity index (χ2v) is 14.6. The average Bonchev–Trinajstić information content (AvgIpc) is 3.75. The SMILES string of the molecule is CCc1ccccc1-n1c(-c2ccccc2)nc2cc(-c3ccccc3)ccc21.CCc1ccccc1Nc1ccc(-c2ccccc2)cc1N.O=Cc1ccccc1.O=S(=O)=O.[2H]CF.[H-].[Na+]. The normalized spacial score (nSPS) is 10.0. The number of hydrogen-bond acceptors (Lipinski definition) is 7. The predicted molar refractivity (Wildman–Crippen MR) is 266 cm³/mol. The Morgan fingerprint density at radius 1 is 0.606 bits per heavy atom. The number of nitrogens with one attached hydrogen (secondary N) is 1. The van der Waals surface area contributed by atoms with Gasteiger partial charge in [0.1, 0.15) is 12.1 Å². The fourth-order valence-corrected chi connectivity index (χ4v) is 7.06. The summed E-state index contributed by atoms with van der Waals surface area (Å²) in [6.07, 6.45) is 2.80. The van der Waals surface area contributed by atoms with E-state index >= 15 is 0 Å². The Kier molecular flexibility index (Phi) is 20.8. The first kappa shape index (κ1) is 50.1. The zero-order chi connectivity index (χ0) is 47.1. The molecule has 9 rings (SSSR count). The molecule has 66 heavy (non-hydrogen) atoms. The van der Waals surface area contributed by atoms with Crippen LogP contribution in [0.4, 0.5) is 21.5 Å². The van der Waals surface area contributed by atoms with E-state index in [1.807, 2.05) is 66.7 Å². The van der Waals surface area contributed by atoms with Crippen LogP contribution in [0.15, 0.2) is 206 Å². The number of nitrogen functional groups attached to an aromatic ring is 1. The average molecular weight is 908 g/mol. The Labute approximate surface area is 413 Å². The van der Waals surface area contributed by atoms with Gasteiger partial charge >= 0.3 is 40.2 Å². The molecule has 8 nitrogen and oxygen atoms in total. The number of carbonyl (C=O) groups is 1. The summed E-state index contributed by atoms with van der Waals surface area (Å²) >= 11 is 0. The van der Waals surface area contributed by atoms with Gasteiger partial charge in [-0.25, -0.2) is 4.98 Å². The summed E-state index contributed by atoms with van der Waals surface area (Å²) in [5, 5.41) is 3.45.